The molecule has 6 rings (SSSR count). The number of benzene rings is 1. The summed E-state index contributed by atoms with van der Waals surface area (Å²) in [7, 11) is 0. The van der Waals surface area contributed by atoms with Crippen LogP contribution in [0.2, 0.25) is 0 Å². The number of amides is 1. The summed E-state index contributed by atoms with van der Waals surface area (Å²) >= 11 is 0. The first kappa shape index (κ1) is 23.6. The van der Waals surface area contributed by atoms with Crippen molar-refractivity contribution in [2.75, 3.05) is 36.9 Å². The molecule has 11 heteroatoms. The maximum Gasteiger partial charge on any atom is 0.274 e. The maximum absolute atomic E-state index is 13.3. The molecular weight excluding hydrogens is 484 g/mol. The van der Waals surface area contributed by atoms with Crippen LogP contribution in [0, 0.1) is 6.92 Å². The highest BCUT2D eigenvalue weighted by Gasteiger charge is 2.22. The van der Waals surface area contributed by atoms with E-state index < -0.39 is 5.91 Å². The summed E-state index contributed by atoms with van der Waals surface area (Å²) in [6.45, 7) is 5.36. The molecule has 0 aliphatic carbocycles. The van der Waals surface area contributed by atoms with Crippen molar-refractivity contribution in [1.29, 1.82) is 0 Å². The number of pyridine rings is 1. The van der Waals surface area contributed by atoms with Crippen LogP contribution < -0.4 is 16.0 Å². The fourth-order valence-corrected chi connectivity index (χ4v) is 4.50. The fourth-order valence-electron chi connectivity index (χ4n) is 4.50. The Bertz CT molecular complexity index is 1610. The summed E-state index contributed by atoms with van der Waals surface area (Å²) in [6, 6.07) is 11.8. The number of hydrogen-bond acceptors (Lipinski definition) is 9. The van der Waals surface area contributed by atoms with Gasteiger partial charge in [-0.15, -0.1) is 0 Å². The van der Waals surface area contributed by atoms with Gasteiger partial charge in [0.1, 0.15) is 17.6 Å². The first-order chi connectivity index (χ1) is 18.6. The van der Waals surface area contributed by atoms with E-state index in [1.807, 2.05) is 41.8 Å². The predicted octanol–water partition coefficient (Wildman–Crippen LogP) is 3.10. The van der Waals surface area contributed by atoms with Gasteiger partial charge in [-0.05, 0) is 36.8 Å². The number of oxazole rings is 1. The van der Waals surface area contributed by atoms with Gasteiger partial charge in [0.15, 0.2) is 17.2 Å². The lowest BCUT2D eigenvalue weighted by Gasteiger charge is -2.29. The number of nitrogen functional groups attached to an aromatic ring is 1. The van der Waals surface area contributed by atoms with E-state index in [0.29, 0.717) is 36.7 Å². The Balaban J connectivity index is 1.31. The highest BCUT2D eigenvalue weighted by atomic mass is 16.5. The second kappa shape index (κ2) is 9.94. The van der Waals surface area contributed by atoms with Crippen molar-refractivity contribution in [3.8, 4) is 22.8 Å². The first-order valence-electron chi connectivity index (χ1n) is 12.3. The third-order valence-corrected chi connectivity index (χ3v) is 6.48. The van der Waals surface area contributed by atoms with Gasteiger partial charge in [-0.25, -0.2) is 19.9 Å². The van der Waals surface area contributed by atoms with Gasteiger partial charge < -0.3 is 29.5 Å². The summed E-state index contributed by atoms with van der Waals surface area (Å²) < 4.78 is 12.9. The van der Waals surface area contributed by atoms with Crippen LogP contribution in [0.3, 0.4) is 0 Å². The lowest BCUT2D eigenvalue weighted by molar-refractivity contribution is 0.0946. The Hall–Kier alpha value is -4.77. The van der Waals surface area contributed by atoms with E-state index in [2.05, 4.69) is 42.3 Å². The molecule has 192 valence electrons. The highest BCUT2D eigenvalue weighted by Crippen LogP contribution is 2.30. The summed E-state index contributed by atoms with van der Waals surface area (Å²) in [4.78, 5) is 33.3. The largest absolute Gasteiger partial charge is 0.443 e. The number of carbonyl (C=O) groups excluding carboxylic acids is 1. The predicted molar refractivity (Wildman–Crippen MR) is 142 cm³/mol. The van der Waals surface area contributed by atoms with Gasteiger partial charge in [0.05, 0.1) is 19.4 Å². The molecule has 1 aliphatic heterocycles. The molecule has 1 saturated heterocycles. The van der Waals surface area contributed by atoms with E-state index in [-0.39, 0.29) is 17.4 Å². The number of rotatable bonds is 6. The molecule has 0 spiro atoms. The number of imidazole rings is 1. The highest BCUT2D eigenvalue weighted by molar-refractivity contribution is 5.97. The summed E-state index contributed by atoms with van der Waals surface area (Å²) in [5.74, 6) is -0.179. The quantitative estimate of drug-likeness (QED) is 0.353. The molecule has 38 heavy (non-hydrogen) atoms. The number of carbonyl (C=O) groups is 1. The molecule has 1 aliphatic rings. The molecule has 0 radical (unpaired) electrons. The Morgan fingerprint density at radius 3 is 2.79 bits per heavy atom. The number of ether oxygens (including phenoxy) is 1. The fraction of sp³-hybridized carbons (Fsp3) is 0.222. The van der Waals surface area contributed by atoms with Crippen molar-refractivity contribution in [1.82, 2.24) is 29.7 Å². The molecule has 1 amide bonds. The average Bonchev–Trinajstić information content (AvgIpc) is 3.62. The zero-order chi connectivity index (χ0) is 26.1. The van der Waals surface area contributed by atoms with E-state index in [1.54, 1.807) is 6.20 Å². The van der Waals surface area contributed by atoms with E-state index in [9.17, 15) is 4.79 Å². The number of nitrogens with two attached hydrogens (primary N) is 1. The van der Waals surface area contributed by atoms with Crippen molar-refractivity contribution < 1.29 is 13.9 Å². The topological polar surface area (TPSA) is 137 Å². The summed E-state index contributed by atoms with van der Waals surface area (Å²) in [5, 5.41) is 2.93. The van der Waals surface area contributed by atoms with Gasteiger partial charge in [0, 0.05) is 49.0 Å². The minimum Gasteiger partial charge on any atom is -0.443 e. The van der Waals surface area contributed by atoms with Crippen LogP contribution in [0.15, 0.2) is 65.7 Å². The molecule has 0 saturated carbocycles. The Morgan fingerprint density at radius 2 is 1.97 bits per heavy atom. The van der Waals surface area contributed by atoms with E-state index in [0.717, 1.165) is 35.7 Å². The van der Waals surface area contributed by atoms with Crippen LogP contribution in [-0.4, -0.2) is 56.5 Å². The minimum absolute atomic E-state index is 0.0126. The molecule has 5 aromatic rings. The third kappa shape index (κ3) is 4.55. The summed E-state index contributed by atoms with van der Waals surface area (Å²) in [5.41, 5.74) is 11.6. The van der Waals surface area contributed by atoms with Gasteiger partial charge >= 0.3 is 0 Å². The van der Waals surface area contributed by atoms with Gasteiger partial charge in [0.2, 0.25) is 5.89 Å². The minimum atomic E-state index is -0.424. The smallest absolute Gasteiger partial charge is 0.274 e. The van der Waals surface area contributed by atoms with E-state index in [4.69, 9.17) is 14.9 Å². The Kier molecular flexibility index (Phi) is 6.18. The van der Waals surface area contributed by atoms with E-state index >= 15 is 0 Å². The molecule has 0 unspecified atom stereocenters. The van der Waals surface area contributed by atoms with Crippen LogP contribution in [0.4, 0.5) is 11.5 Å². The first-order valence-corrected chi connectivity index (χ1v) is 12.3. The molecule has 5 heterocycles. The number of nitrogens with zero attached hydrogens (tertiary/aromatic N) is 6. The number of morpholine rings is 1. The van der Waals surface area contributed by atoms with Crippen LogP contribution in [-0.2, 0) is 11.3 Å². The van der Waals surface area contributed by atoms with Crippen LogP contribution in [0.5, 0.6) is 0 Å². The number of anilines is 2. The molecule has 1 fully saturated rings. The molecule has 0 bridgehead atoms. The van der Waals surface area contributed by atoms with Crippen molar-refractivity contribution in [2.24, 2.45) is 0 Å². The lowest BCUT2D eigenvalue weighted by Crippen LogP contribution is -2.36. The molecule has 1 aromatic carbocycles. The number of fused-ring (bicyclic) bond motifs is 1. The SMILES string of the molecule is Cc1cnc2ccc(-c3nc(C(=O)NCc4cccc(N5CCOCC5)c4)c(N)nc3-c3ncco3)cn12. The third-order valence-electron chi connectivity index (χ3n) is 6.48. The van der Waals surface area contributed by atoms with E-state index in [1.165, 1.54) is 12.5 Å². The molecule has 11 nitrogen and oxygen atoms in total. The van der Waals surface area contributed by atoms with Gasteiger partial charge in [-0.3, -0.25) is 4.79 Å². The zero-order valence-electron chi connectivity index (χ0n) is 20.8. The zero-order valence-corrected chi connectivity index (χ0v) is 20.8. The molecule has 0 atom stereocenters. The summed E-state index contributed by atoms with van der Waals surface area (Å²) in [6.07, 6.45) is 6.65. The van der Waals surface area contributed by atoms with Crippen LogP contribution >= 0.6 is 0 Å². The maximum atomic E-state index is 13.3. The number of aromatic nitrogens is 5. The van der Waals surface area contributed by atoms with Crippen molar-refractivity contribution in [3.63, 3.8) is 0 Å². The van der Waals surface area contributed by atoms with Gasteiger partial charge in [-0.2, -0.15) is 0 Å². The Morgan fingerprint density at radius 1 is 1.11 bits per heavy atom. The normalized spacial score (nSPS) is 13.7. The number of aryl methyl sites for hydroxylation is 1. The van der Waals surface area contributed by atoms with Crippen molar-refractivity contribution in [2.45, 2.75) is 13.5 Å². The second-order valence-electron chi connectivity index (χ2n) is 8.99. The van der Waals surface area contributed by atoms with Crippen LogP contribution in [0.1, 0.15) is 21.7 Å². The average molecular weight is 511 g/mol. The van der Waals surface area contributed by atoms with Crippen LogP contribution in [0.25, 0.3) is 28.5 Å². The standard InChI is InChI=1S/C27H26N8O3/c1-17-14-30-21-6-5-19(16-35(17)21)22-23(27-29-7-10-38-27)33-25(28)24(32-22)26(36)31-15-18-3-2-4-20(13-18)34-8-11-37-12-9-34/h2-7,10,13-14,16H,8-9,11-12,15H2,1H3,(H2,28,33)(H,31,36). The monoisotopic (exact) mass is 510 g/mol. The van der Waals surface area contributed by atoms with Crippen molar-refractivity contribution in [3.05, 3.63) is 78.2 Å². The molecular formula is C27H26N8O3. The van der Waals surface area contributed by atoms with Gasteiger partial charge in [0.25, 0.3) is 5.91 Å². The number of nitrogens with one attached hydrogen (secondary N) is 1. The second-order valence-corrected chi connectivity index (χ2v) is 8.99. The lowest BCUT2D eigenvalue weighted by atomic mass is 10.1. The van der Waals surface area contributed by atoms with Gasteiger partial charge in [-0.1, -0.05) is 12.1 Å². The molecule has 3 N–H and O–H groups in total. The molecule has 4 aromatic heterocycles. The Labute approximate surface area is 218 Å². The van der Waals surface area contributed by atoms with Crippen molar-refractivity contribution >= 4 is 23.1 Å². The number of hydrogen-bond donors (Lipinski definition) is 2.